The predicted octanol–water partition coefficient (Wildman–Crippen LogP) is 2.05. The fourth-order valence-electron chi connectivity index (χ4n) is 1.02. The van der Waals surface area contributed by atoms with Gasteiger partial charge in [0, 0.05) is 3.57 Å². The Kier molecular flexibility index (Phi) is 3.91. The van der Waals surface area contributed by atoms with E-state index in [1.165, 1.54) is 12.1 Å². The summed E-state index contributed by atoms with van der Waals surface area (Å²) in [5.41, 5.74) is 0.418. The molecule has 1 aromatic rings. The molecule has 0 aliphatic heterocycles. The van der Waals surface area contributed by atoms with Gasteiger partial charge in [0.05, 0.1) is 12.2 Å². The van der Waals surface area contributed by atoms with E-state index in [2.05, 4.69) is 0 Å². The standard InChI is InChI=1S/C10H8INO3/c1-2-15-10(14)7-4-8(11)6(5-12)3-9(7)13/h3-4,13H,2H2,1H3. The van der Waals surface area contributed by atoms with Crippen molar-refractivity contribution in [3.8, 4) is 11.8 Å². The van der Waals surface area contributed by atoms with Crippen molar-refractivity contribution in [3.05, 3.63) is 26.8 Å². The number of carbonyl (C=O) groups is 1. The highest BCUT2D eigenvalue weighted by atomic mass is 127. The van der Waals surface area contributed by atoms with Crippen LogP contribution in [-0.2, 0) is 4.74 Å². The average Bonchev–Trinajstić information content (AvgIpc) is 2.21. The number of phenols is 1. The molecular formula is C10H8INO3. The molecule has 5 heteroatoms. The zero-order valence-electron chi connectivity index (χ0n) is 7.95. The normalized spacial score (nSPS) is 9.40. The van der Waals surface area contributed by atoms with Crippen molar-refractivity contribution in [1.29, 1.82) is 5.26 Å². The zero-order chi connectivity index (χ0) is 11.4. The first-order chi connectivity index (χ1) is 7.10. The summed E-state index contributed by atoms with van der Waals surface area (Å²) in [5, 5.41) is 18.2. The van der Waals surface area contributed by atoms with E-state index in [4.69, 9.17) is 10.00 Å². The van der Waals surface area contributed by atoms with Gasteiger partial charge in [-0.2, -0.15) is 5.26 Å². The van der Waals surface area contributed by atoms with E-state index in [-0.39, 0.29) is 17.9 Å². The third-order valence-corrected chi connectivity index (χ3v) is 2.59. The first kappa shape index (κ1) is 11.8. The van der Waals surface area contributed by atoms with Crippen molar-refractivity contribution < 1.29 is 14.6 Å². The van der Waals surface area contributed by atoms with Crippen LogP contribution in [-0.4, -0.2) is 17.7 Å². The topological polar surface area (TPSA) is 70.3 Å². The van der Waals surface area contributed by atoms with Crippen LogP contribution in [0.1, 0.15) is 22.8 Å². The van der Waals surface area contributed by atoms with E-state index in [1.54, 1.807) is 6.92 Å². The molecule has 0 unspecified atom stereocenters. The maximum Gasteiger partial charge on any atom is 0.341 e. The summed E-state index contributed by atoms with van der Waals surface area (Å²) in [6.07, 6.45) is 0. The maximum absolute atomic E-state index is 11.3. The Morgan fingerprint density at radius 2 is 2.33 bits per heavy atom. The summed E-state index contributed by atoms with van der Waals surface area (Å²) in [6.45, 7) is 1.93. The second-order valence-corrected chi connectivity index (χ2v) is 3.84. The molecule has 0 aliphatic rings. The number of carbonyl (C=O) groups excluding carboxylic acids is 1. The summed E-state index contributed by atoms with van der Waals surface area (Å²) < 4.78 is 5.36. The molecule has 15 heavy (non-hydrogen) atoms. The van der Waals surface area contributed by atoms with Gasteiger partial charge < -0.3 is 9.84 Å². The molecule has 0 amide bonds. The first-order valence-corrected chi connectivity index (χ1v) is 5.27. The van der Waals surface area contributed by atoms with Gasteiger partial charge in [-0.25, -0.2) is 4.79 Å². The van der Waals surface area contributed by atoms with Crippen LogP contribution in [0.5, 0.6) is 5.75 Å². The van der Waals surface area contributed by atoms with E-state index >= 15 is 0 Å². The number of halogens is 1. The number of hydrogen-bond donors (Lipinski definition) is 1. The molecule has 1 aromatic carbocycles. The molecule has 0 heterocycles. The van der Waals surface area contributed by atoms with Crippen molar-refractivity contribution in [1.82, 2.24) is 0 Å². The predicted molar refractivity (Wildman–Crippen MR) is 61.5 cm³/mol. The fraction of sp³-hybridized carbons (Fsp3) is 0.200. The van der Waals surface area contributed by atoms with Crippen LogP contribution in [0.3, 0.4) is 0 Å². The van der Waals surface area contributed by atoms with Gasteiger partial charge >= 0.3 is 5.97 Å². The molecule has 0 aliphatic carbocycles. The van der Waals surface area contributed by atoms with Gasteiger partial charge in [-0.15, -0.1) is 0 Å². The lowest BCUT2D eigenvalue weighted by molar-refractivity contribution is 0.0523. The molecule has 0 radical (unpaired) electrons. The number of aromatic hydroxyl groups is 1. The SMILES string of the molecule is CCOC(=O)c1cc(I)c(C#N)cc1O. The molecule has 0 bridgehead atoms. The van der Waals surface area contributed by atoms with E-state index in [9.17, 15) is 9.90 Å². The Morgan fingerprint density at radius 1 is 1.67 bits per heavy atom. The molecule has 0 saturated heterocycles. The number of hydrogen-bond acceptors (Lipinski definition) is 4. The highest BCUT2D eigenvalue weighted by Gasteiger charge is 2.15. The summed E-state index contributed by atoms with van der Waals surface area (Å²) in [7, 11) is 0. The van der Waals surface area contributed by atoms with E-state index in [0.717, 1.165) is 0 Å². The van der Waals surface area contributed by atoms with Gasteiger partial charge in [-0.3, -0.25) is 0 Å². The third-order valence-electron chi connectivity index (χ3n) is 1.70. The summed E-state index contributed by atoms with van der Waals surface area (Å²) in [4.78, 5) is 11.3. The lowest BCUT2D eigenvalue weighted by Crippen LogP contribution is -2.05. The number of phenolic OH excluding ortho intramolecular Hbond substituents is 1. The van der Waals surface area contributed by atoms with Gasteiger partial charge in [0.2, 0.25) is 0 Å². The van der Waals surface area contributed by atoms with Crippen LogP contribution in [0, 0.1) is 14.9 Å². The van der Waals surface area contributed by atoms with Crippen LogP contribution >= 0.6 is 22.6 Å². The van der Waals surface area contributed by atoms with Crippen molar-refractivity contribution in [3.63, 3.8) is 0 Å². The molecule has 78 valence electrons. The number of ether oxygens (including phenoxy) is 1. The molecule has 0 aromatic heterocycles. The molecule has 1 N–H and O–H groups in total. The molecule has 1 rings (SSSR count). The minimum Gasteiger partial charge on any atom is -0.507 e. The zero-order valence-corrected chi connectivity index (χ0v) is 10.1. The highest BCUT2D eigenvalue weighted by molar-refractivity contribution is 14.1. The van der Waals surface area contributed by atoms with Crippen molar-refractivity contribution in [2.24, 2.45) is 0 Å². The van der Waals surface area contributed by atoms with Gasteiger partial charge in [-0.1, -0.05) is 0 Å². The highest BCUT2D eigenvalue weighted by Crippen LogP contribution is 2.24. The quantitative estimate of drug-likeness (QED) is 0.669. The lowest BCUT2D eigenvalue weighted by Gasteiger charge is -2.05. The van der Waals surface area contributed by atoms with Crippen LogP contribution in [0.2, 0.25) is 0 Å². The second-order valence-electron chi connectivity index (χ2n) is 2.68. The largest absolute Gasteiger partial charge is 0.507 e. The number of nitriles is 1. The van der Waals surface area contributed by atoms with Crippen LogP contribution < -0.4 is 0 Å². The Morgan fingerprint density at radius 3 is 2.87 bits per heavy atom. The van der Waals surface area contributed by atoms with E-state index in [0.29, 0.717) is 9.13 Å². The van der Waals surface area contributed by atoms with Crippen LogP contribution in [0.15, 0.2) is 12.1 Å². The van der Waals surface area contributed by atoms with Gasteiger partial charge in [0.15, 0.2) is 0 Å². The van der Waals surface area contributed by atoms with Crippen molar-refractivity contribution in [2.45, 2.75) is 6.92 Å². The summed E-state index contributed by atoms with van der Waals surface area (Å²) in [5.74, 6) is -0.817. The lowest BCUT2D eigenvalue weighted by atomic mass is 10.1. The first-order valence-electron chi connectivity index (χ1n) is 4.19. The smallest absolute Gasteiger partial charge is 0.341 e. The minimum atomic E-state index is -0.586. The third kappa shape index (κ3) is 2.59. The monoisotopic (exact) mass is 317 g/mol. The Balaban J connectivity index is 3.17. The maximum atomic E-state index is 11.3. The Labute approximate surface area is 101 Å². The fourth-order valence-corrected chi connectivity index (χ4v) is 1.61. The van der Waals surface area contributed by atoms with Crippen LogP contribution in [0.25, 0.3) is 0 Å². The molecule has 0 saturated carbocycles. The number of benzene rings is 1. The van der Waals surface area contributed by atoms with E-state index < -0.39 is 5.97 Å². The second kappa shape index (κ2) is 4.98. The minimum absolute atomic E-state index is 0.0836. The average molecular weight is 317 g/mol. The van der Waals surface area contributed by atoms with Crippen molar-refractivity contribution >= 4 is 28.6 Å². The number of rotatable bonds is 2. The van der Waals surface area contributed by atoms with Crippen LogP contribution in [0.4, 0.5) is 0 Å². The van der Waals surface area contributed by atoms with Gasteiger partial charge in [0.1, 0.15) is 17.4 Å². The Hall–Kier alpha value is -1.29. The molecular weight excluding hydrogens is 309 g/mol. The summed E-state index contributed by atoms with van der Waals surface area (Å²) >= 11 is 1.92. The Bertz CT molecular complexity index is 437. The van der Waals surface area contributed by atoms with Gasteiger partial charge in [-0.05, 0) is 41.6 Å². The van der Waals surface area contributed by atoms with Gasteiger partial charge in [0.25, 0.3) is 0 Å². The molecule has 0 spiro atoms. The number of esters is 1. The summed E-state index contributed by atoms with van der Waals surface area (Å²) in [6, 6.07) is 4.61. The molecule has 0 atom stereocenters. The molecule has 0 fully saturated rings. The van der Waals surface area contributed by atoms with Crippen molar-refractivity contribution in [2.75, 3.05) is 6.61 Å². The molecule has 4 nitrogen and oxygen atoms in total. The number of nitrogens with zero attached hydrogens (tertiary/aromatic N) is 1. The van der Waals surface area contributed by atoms with E-state index in [1.807, 2.05) is 28.7 Å².